The van der Waals surface area contributed by atoms with Crippen LogP contribution in [0.25, 0.3) is 0 Å². The van der Waals surface area contributed by atoms with E-state index < -0.39 is 6.04 Å². The van der Waals surface area contributed by atoms with Crippen LogP contribution in [0.5, 0.6) is 11.6 Å². The molecule has 0 spiro atoms. The largest absolute Gasteiger partial charge is 0.497 e. The number of aryl methyl sites for hydroxylation is 1. The summed E-state index contributed by atoms with van der Waals surface area (Å²) >= 11 is 0. The second-order valence-corrected chi connectivity index (χ2v) is 7.17. The number of carbonyl (C=O) groups is 1. The third-order valence-corrected chi connectivity index (χ3v) is 5.26. The second-order valence-electron chi connectivity index (χ2n) is 7.17. The topological polar surface area (TPSA) is 72.5 Å². The van der Waals surface area contributed by atoms with Gasteiger partial charge in [0.05, 0.1) is 14.2 Å². The first kappa shape index (κ1) is 22.3. The zero-order valence-electron chi connectivity index (χ0n) is 18.2. The molecule has 6 heteroatoms. The maximum Gasteiger partial charge on any atom is 0.241 e. The highest BCUT2D eigenvalue weighted by Gasteiger charge is 2.26. The molecule has 162 valence electrons. The van der Waals surface area contributed by atoms with Crippen molar-refractivity contribution < 1.29 is 14.3 Å². The van der Waals surface area contributed by atoms with Crippen LogP contribution in [-0.2, 0) is 11.2 Å². The minimum absolute atomic E-state index is 0.0940. The molecule has 31 heavy (non-hydrogen) atoms. The normalized spacial score (nSPS) is 12.6. The third-order valence-electron chi connectivity index (χ3n) is 5.26. The molecule has 0 aliphatic rings. The number of hydrogen-bond acceptors (Lipinski definition) is 5. The third kappa shape index (κ3) is 5.83. The van der Waals surface area contributed by atoms with Gasteiger partial charge in [0, 0.05) is 24.8 Å². The van der Waals surface area contributed by atoms with Crippen LogP contribution >= 0.6 is 0 Å². The Morgan fingerprint density at radius 2 is 1.71 bits per heavy atom. The molecule has 0 saturated carbocycles. The molecule has 1 heterocycles. The molecule has 6 nitrogen and oxygen atoms in total. The van der Waals surface area contributed by atoms with Gasteiger partial charge in [0.15, 0.2) is 0 Å². The van der Waals surface area contributed by atoms with Gasteiger partial charge < -0.3 is 14.8 Å². The molecular weight excluding hydrogens is 390 g/mol. The Morgan fingerprint density at radius 3 is 2.35 bits per heavy atom. The van der Waals surface area contributed by atoms with Crippen LogP contribution < -0.4 is 20.1 Å². The first-order valence-corrected chi connectivity index (χ1v) is 10.3. The van der Waals surface area contributed by atoms with Crippen molar-refractivity contribution in [2.45, 2.75) is 24.9 Å². The molecule has 3 aromatic rings. The zero-order chi connectivity index (χ0) is 22.1. The van der Waals surface area contributed by atoms with E-state index in [-0.39, 0.29) is 11.9 Å². The summed E-state index contributed by atoms with van der Waals surface area (Å²) in [5.74, 6) is 1.29. The number of pyridine rings is 1. The van der Waals surface area contributed by atoms with Crippen molar-refractivity contribution in [2.75, 3.05) is 21.3 Å². The molecule has 2 atom stereocenters. The maximum atomic E-state index is 12.7. The van der Waals surface area contributed by atoms with Crippen LogP contribution in [0.3, 0.4) is 0 Å². The number of likely N-dealkylation sites (N-methyl/N-ethyl adjacent to an activating group) is 1. The minimum Gasteiger partial charge on any atom is -0.497 e. The summed E-state index contributed by atoms with van der Waals surface area (Å²) < 4.78 is 10.8. The van der Waals surface area contributed by atoms with Crippen molar-refractivity contribution in [3.8, 4) is 11.6 Å². The van der Waals surface area contributed by atoms with Crippen molar-refractivity contribution in [3.05, 3.63) is 89.6 Å². The summed E-state index contributed by atoms with van der Waals surface area (Å²) in [6.45, 7) is 0. The number of carbonyl (C=O) groups excluding carboxylic acids is 1. The van der Waals surface area contributed by atoms with Gasteiger partial charge in [-0.2, -0.15) is 0 Å². The fourth-order valence-electron chi connectivity index (χ4n) is 3.59. The number of rotatable bonds is 10. The van der Waals surface area contributed by atoms with Gasteiger partial charge in [-0.1, -0.05) is 48.5 Å². The number of nitrogens with zero attached hydrogens (tertiary/aromatic N) is 1. The molecule has 1 amide bonds. The molecule has 0 fully saturated rings. The Morgan fingerprint density at radius 1 is 0.968 bits per heavy atom. The molecule has 0 aliphatic carbocycles. The Hall–Kier alpha value is -3.38. The van der Waals surface area contributed by atoms with Crippen LogP contribution in [0.1, 0.15) is 35.2 Å². The van der Waals surface area contributed by atoms with Crippen LogP contribution in [0.4, 0.5) is 0 Å². The van der Waals surface area contributed by atoms with Gasteiger partial charge in [0.2, 0.25) is 11.8 Å². The first-order chi connectivity index (χ1) is 15.2. The average Bonchev–Trinajstić information content (AvgIpc) is 2.84. The van der Waals surface area contributed by atoms with Gasteiger partial charge in [-0.15, -0.1) is 0 Å². The zero-order valence-corrected chi connectivity index (χ0v) is 18.2. The molecule has 2 N–H and O–H groups in total. The Balaban J connectivity index is 1.89. The number of amides is 1. The van der Waals surface area contributed by atoms with E-state index in [0.717, 1.165) is 29.7 Å². The van der Waals surface area contributed by atoms with Gasteiger partial charge in [0.1, 0.15) is 11.8 Å². The SMILES string of the molecule is CNC(=O)[C@@H](N[C@@H](CCc1ccc(OC)cc1)c1cccnc1OC)c1ccccc1. The summed E-state index contributed by atoms with van der Waals surface area (Å²) in [5.41, 5.74) is 3.01. The van der Waals surface area contributed by atoms with E-state index >= 15 is 0 Å². The Bertz CT molecular complexity index is 961. The molecule has 0 aliphatic heterocycles. The van der Waals surface area contributed by atoms with E-state index in [1.807, 2.05) is 54.6 Å². The predicted octanol–water partition coefficient (Wildman–Crippen LogP) is 3.85. The van der Waals surface area contributed by atoms with E-state index in [4.69, 9.17) is 9.47 Å². The maximum absolute atomic E-state index is 12.7. The number of ether oxygens (including phenoxy) is 2. The van der Waals surface area contributed by atoms with Gasteiger partial charge in [-0.3, -0.25) is 10.1 Å². The first-order valence-electron chi connectivity index (χ1n) is 10.3. The molecule has 3 rings (SSSR count). The fourth-order valence-corrected chi connectivity index (χ4v) is 3.59. The lowest BCUT2D eigenvalue weighted by Crippen LogP contribution is -2.38. The number of methoxy groups -OCH3 is 2. The number of benzene rings is 2. The summed E-state index contributed by atoms with van der Waals surface area (Å²) in [7, 11) is 4.92. The van der Waals surface area contributed by atoms with Crippen molar-refractivity contribution in [1.29, 1.82) is 0 Å². The van der Waals surface area contributed by atoms with Crippen LogP contribution in [0.2, 0.25) is 0 Å². The summed E-state index contributed by atoms with van der Waals surface area (Å²) in [4.78, 5) is 17.1. The van der Waals surface area contributed by atoms with Crippen molar-refractivity contribution in [2.24, 2.45) is 0 Å². The highest BCUT2D eigenvalue weighted by atomic mass is 16.5. The molecule has 1 aromatic heterocycles. The van der Waals surface area contributed by atoms with Crippen molar-refractivity contribution >= 4 is 5.91 Å². The summed E-state index contributed by atoms with van der Waals surface area (Å²) in [5, 5.41) is 6.32. The van der Waals surface area contributed by atoms with Gasteiger partial charge >= 0.3 is 0 Å². The smallest absolute Gasteiger partial charge is 0.241 e. The molecule has 0 bridgehead atoms. The lowest BCUT2D eigenvalue weighted by molar-refractivity contribution is -0.123. The van der Waals surface area contributed by atoms with E-state index in [1.54, 1.807) is 27.5 Å². The molecule has 2 aromatic carbocycles. The number of nitrogens with one attached hydrogen (secondary N) is 2. The van der Waals surface area contributed by atoms with Gasteiger partial charge in [0.25, 0.3) is 0 Å². The van der Waals surface area contributed by atoms with E-state index in [0.29, 0.717) is 5.88 Å². The quantitative estimate of drug-likeness (QED) is 0.522. The standard InChI is InChI=1S/C25H29N3O3/c1-26-24(29)23(19-8-5-4-6-9-19)28-22(21-10-7-17-27-25(21)31-3)16-13-18-11-14-20(30-2)15-12-18/h4-12,14-15,17,22-23,28H,13,16H2,1-3H3,(H,26,29)/t22-,23-/m0/s1. The summed E-state index contributed by atoms with van der Waals surface area (Å²) in [6.07, 6.45) is 3.28. The van der Waals surface area contributed by atoms with E-state index in [1.165, 1.54) is 5.56 Å². The van der Waals surface area contributed by atoms with Gasteiger partial charge in [-0.25, -0.2) is 4.98 Å². The van der Waals surface area contributed by atoms with E-state index in [9.17, 15) is 4.79 Å². The van der Waals surface area contributed by atoms with Crippen molar-refractivity contribution in [3.63, 3.8) is 0 Å². The highest BCUT2D eigenvalue weighted by Crippen LogP contribution is 2.29. The van der Waals surface area contributed by atoms with Gasteiger partial charge in [-0.05, 0) is 42.2 Å². The van der Waals surface area contributed by atoms with Crippen LogP contribution in [0.15, 0.2) is 72.9 Å². The molecule has 0 saturated heterocycles. The van der Waals surface area contributed by atoms with Crippen molar-refractivity contribution in [1.82, 2.24) is 15.6 Å². The molecular formula is C25H29N3O3. The van der Waals surface area contributed by atoms with Crippen LogP contribution in [0, 0.1) is 0 Å². The van der Waals surface area contributed by atoms with Crippen LogP contribution in [-0.4, -0.2) is 32.2 Å². The monoisotopic (exact) mass is 419 g/mol. The van der Waals surface area contributed by atoms with E-state index in [2.05, 4.69) is 27.8 Å². The lowest BCUT2D eigenvalue weighted by atomic mass is 9.97. The number of aromatic nitrogens is 1. The Labute approximate surface area is 183 Å². The molecule has 0 unspecified atom stereocenters. The Kier molecular flexibility index (Phi) is 8.01. The predicted molar refractivity (Wildman–Crippen MR) is 121 cm³/mol. The second kappa shape index (κ2) is 11.1. The minimum atomic E-state index is -0.503. The summed E-state index contributed by atoms with van der Waals surface area (Å²) in [6, 6.07) is 21.0. The average molecular weight is 420 g/mol. The highest BCUT2D eigenvalue weighted by molar-refractivity contribution is 5.83. The molecule has 0 radical (unpaired) electrons. The number of hydrogen-bond donors (Lipinski definition) is 2. The fraction of sp³-hybridized carbons (Fsp3) is 0.280. The lowest BCUT2D eigenvalue weighted by Gasteiger charge is -2.26.